The molecular formula is C15H30N2O2. The van der Waals surface area contributed by atoms with E-state index in [4.69, 9.17) is 0 Å². The molecule has 1 saturated carbocycles. The maximum atomic E-state index is 12.1. The molecule has 0 aliphatic heterocycles. The second kappa shape index (κ2) is 8.54. The summed E-state index contributed by atoms with van der Waals surface area (Å²) in [6.07, 6.45) is 6.12. The van der Waals surface area contributed by atoms with Gasteiger partial charge in [-0.2, -0.15) is 0 Å². The minimum atomic E-state index is 0.0835. The van der Waals surface area contributed by atoms with Gasteiger partial charge in [-0.3, -0.25) is 9.69 Å². The summed E-state index contributed by atoms with van der Waals surface area (Å²) < 4.78 is 0. The van der Waals surface area contributed by atoms with Crippen molar-refractivity contribution in [3.05, 3.63) is 0 Å². The molecule has 0 radical (unpaired) electrons. The molecule has 1 unspecified atom stereocenters. The predicted molar refractivity (Wildman–Crippen MR) is 78.0 cm³/mol. The molecule has 4 heteroatoms. The summed E-state index contributed by atoms with van der Waals surface area (Å²) in [7, 11) is 0. The summed E-state index contributed by atoms with van der Waals surface area (Å²) in [4.78, 5) is 14.2. The molecule has 1 rings (SSSR count). The van der Waals surface area contributed by atoms with Crippen LogP contribution in [0, 0.1) is 5.92 Å². The number of carbonyl (C=O) groups excluding carboxylic acids is 1. The molecule has 1 aliphatic carbocycles. The first kappa shape index (κ1) is 16.4. The van der Waals surface area contributed by atoms with Crippen LogP contribution in [0.4, 0.5) is 0 Å². The largest absolute Gasteiger partial charge is 0.395 e. The standard InChI is InChI=1S/C15H30N2O2/c1-12(2)13(3)16-15(19)11-17(9-10-18)14-7-5-4-6-8-14/h12-14,18H,4-11H2,1-3H3,(H,16,19). The minimum absolute atomic E-state index is 0.0835. The van der Waals surface area contributed by atoms with Gasteiger partial charge in [0, 0.05) is 18.6 Å². The van der Waals surface area contributed by atoms with E-state index >= 15 is 0 Å². The van der Waals surface area contributed by atoms with Gasteiger partial charge in [0.2, 0.25) is 5.91 Å². The van der Waals surface area contributed by atoms with Gasteiger partial charge in [0.1, 0.15) is 0 Å². The van der Waals surface area contributed by atoms with Crippen molar-refractivity contribution in [2.45, 2.75) is 65.0 Å². The van der Waals surface area contributed by atoms with Crippen LogP contribution in [0.2, 0.25) is 0 Å². The van der Waals surface area contributed by atoms with Gasteiger partial charge in [0.25, 0.3) is 0 Å². The number of nitrogens with one attached hydrogen (secondary N) is 1. The molecule has 4 nitrogen and oxygen atoms in total. The molecule has 0 spiro atoms. The van der Waals surface area contributed by atoms with E-state index in [9.17, 15) is 9.90 Å². The first-order valence-corrected chi connectivity index (χ1v) is 7.69. The van der Waals surface area contributed by atoms with Crippen LogP contribution in [0.5, 0.6) is 0 Å². The lowest BCUT2D eigenvalue weighted by Gasteiger charge is -2.33. The topological polar surface area (TPSA) is 52.6 Å². The Labute approximate surface area is 117 Å². The van der Waals surface area contributed by atoms with Gasteiger partial charge < -0.3 is 10.4 Å². The van der Waals surface area contributed by atoms with Crippen LogP contribution >= 0.6 is 0 Å². The maximum Gasteiger partial charge on any atom is 0.234 e. The summed E-state index contributed by atoms with van der Waals surface area (Å²) in [5.41, 5.74) is 0. The highest BCUT2D eigenvalue weighted by atomic mass is 16.3. The number of aliphatic hydroxyl groups is 1. The van der Waals surface area contributed by atoms with Gasteiger partial charge in [-0.1, -0.05) is 33.1 Å². The second-order valence-corrected chi connectivity index (χ2v) is 6.09. The van der Waals surface area contributed by atoms with E-state index in [-0.39, 0.29) is 18.6 Å². The summed E-state index contributed by atoms with van der Waals surface area (Å²) >= 11 is 0. The fourth-order valence-electron chi connectivity index (χ4n) is 2.62. The van der Waals surface area contributed by atoms with Crippen molar-refractivity contribution in [2.24, 2.45) is 5.92 Å². The molecule has 0 aromatic rings. The average Bonchev–Trinajstić information content (AvgIpc) is 2.39. The van der Waals surface area contributed by atoms with Crippen LogP contribution < -0.4 is 5.32 Å². The molecule has 1 amide bonds. The maximum absolute atomic E-state index is 12.1. The highest BCUT2D eigenvalue weighted by Gasteiger charge is 2.23. The lowest BCUT2D eigenvalue weighted by Crippen LogP contribution is -2.47. The van der Waals surface area contributed by atoms with Crippen molar-refractivity contribution >= 4 is 5.91 Å². The Morgan fingerprint density at radius 2 is 1.89 bits per heavy atom. The van der Waals surface area contributed by atoms with Crippen molar-refractivity contribution in [3.63, 3.8) is 0 Å². The Morgan fingerprint density at radius 3 is 2.42 bits per heavy atom. The Kier molecular flexibility index (Phi) is 7.39. The second-order valence-electron chi connectivity index (χ2n) is 6.09. The normalized spacial score (nSPS) is 18.8. The molecule has 0 aromatic heterocycles. The molecule has 0 aromatic carbocycles. The fraction of sp³-hybridized carbons (Fsp3) is 0.933. The van der Waals surface area contributed by atoms with Crippen LogP contribution in [0.3, 0.4) is 0 Å². The lowest BCUT2D eigenvalue weighted by molar-refractivity contribution is -0.124. The van der Waals surface area contributed by atoms with E-state index < -0.39 is 0 Å². The summed E-state index contributed by atoms with van der Waals surface area (Å²) in [5.74, 6) is 0.533. The van der Waals surface area contributed by atoms with Crippen LogP contribution in [-0.2, 0) is 4.79 Å². The molecule has 0 saturated heterocycles. The van der Waals surface area contributed by atoms with Gasteiger partial charge in [0.15, 0.2) is 0 Å². The third-order valence-corrected chi connectivity index (χ3v) is 4.21. The lowest BCUT2D eigenvalue weighted by atomic mass is 9.94. The highest BCUT2D eigenvalue weighted by molar-refractivity contribution is 5.78. The number of amides is 1. The smallest absolute Gasteiger partial charge is 0.234 e. The monoisotopic (exact) mass is 270 g/mol. The molecule has 1 atom stereocenters. The van der Waals surface area contributed by atoms with Crippen molar-refractivity contribution in [1.82, 2.24) is 10.2 Å². The third-order valence-electron chi connectivity index (χ3n) is 4.21. The summed E-state index contributed by atoms with van der Waals surface area (Å²) in [6, 6.07) is 0.677. The zero-order chi connectivity index (χ0) is 14.3. The minimum Gasteiger partial charge on any atom is -0.395 e. The van der Waals surface area contributed by atoms with Crippen LogP contribution in [0.1, 0.15) is 52.9 Å². The fourth-order valence-corrected chi connectivity index (χ4v) is 2.62. The van der Waals surface area contributed by atoms with E-state index in [2.05, 4.69) is 24.1 Å². The van der Waals surface area contributed by atoms with Crippen LogP contribution in [0.15, 0.2) is 0 Å². The zero-order valence-corrected chi connectivity index (χ0v) is 12.7. The number of hydrogen-bond donors (Lipinski definition) is 2. The van der Waals surface area contributed by atoms with E-state index in [1.807, 2.05) is 6.92 Å². The Morgan fingerprint density at radius 1 is 1.26 bits per heavy atom. The van der Waals surface area contributed by atoms with Gasteiger partial charge in [-0.15, -0.1) is 0 Å². The van der Waals surface area contributed by atoms with E-state index in [1.54, 1.807) is 0 Å². The quantitative estimate of drug-likeness (QED) is 0.741. The Bertz CT molecular complexity index is 263. The first-order chi connectivity index (χ1) is 9.04. The van der Waals surface area contributed by atoms with Gasteiger partial charge in [-0.05, 0) is 25.7 Å². The van der Waals surface area contributed by atoms with E-state index in [0.29, 0.717) is 25.0 Å². The number of aliphatic hydroxyl groups excluding tert-OH is 1. The van der Waals surface area contributed by atoms with Gasteiger partial charge in [-0.25, -0.2) is 0 Å². The third kappa shape index (κ3) is 5.91. The zero-order valence-electron chi connectivity index (χ0n) is 12.7. The van der Waals surface area contributed by atoms with E-state index in [0.717, 1.165) is 12.8 Å². The number of hydrogen-bond acceptors (Lipinski definition) is 3. The molecule has 1 fully saturated rings. The molecule has 0 heterocycles. The van der Waals surface area contributed by atoms with Crippen molar-refractivity contribution < 1.29 is 9.90 Å². The highest BCUT2D eigenvalue weighted by Crippen LogP contribution is 2.22. The molecule has 19 heavy (non-hydrogen) atoms. The number of carbonyl (C=O) groups is 1. The van der Waals surface area contributed by atoms with Crippen LogP contribution in [-0.4, -0.2) is 47.7 Å². The molecular weight excluding hydrogens is 240 g/mol. The molecule has 1 aliphatic rings. The van der Waals surface area contributed by atoms with E-state index in [1.165, 1.54) is 19.3 Å². The molecule has 2 N–H and O–H groups in total. The van der Waals surface area contributed by atoms with Crippen molar-refractivity contribution in [2.75, 3.05) is 19.7 Å². The van der Waals surface area contributed by atoms with Gasteiger partial charge >= 0.3 is 0 Å². The summed E-state index contributed by atoms with van der Waals surface area (Å²) in [5, 5.41) is 12.2. The number of rotatable bonds is 7. The Hall–Kier alpha value is -0.610. The predicted octanol–water partition coefficient (Wildman–Crippen LogP) is 1.77. The Balaban J connectivity index is 2.45. The van der Waals surface area contributed by atoms with Crippen molar-refractivity contribution in [3.8, 4) is 0 Å². The first-order valence-electron chi connectivity index (χ1n) is 7.69. The van der Waals surface area contributed by atoms with Crippen LogP contribution in [0.25, 0.3) is 0 Å². The number of nitrogens with zero attached hydrogens (tertiary/aromatic N) is 1. The SMILES string of the molecule is CC(C)C(C)NC(=O)CN(CCO)C1CCCCC1. The van der Waals surface area contributed by atoms with Gasteiger partial charge in [0.05, 0.1) is 13.2 Å². The average molecular weight is 270 g/mol. The molecule has 0 bridgehead atoms. The molecule has 112 valence electrons. The van der Waals surface area contributed by atoms with Crippen molar-refractivity contribution in [1.29, 1.82) is 0 Å². The summed E-state index contributed by atoms with van der Waals surface area (Å²) in [6.45, 7) is 7.41.